The number of likely N-dealkylation sites (tertiary alicyclic amines) is 1. The number of rotatable bonds is 6. The van der Waals surface area contributed by atoms with Gasteiger partial charge in [0.25, 0.3) is 0 Å². The van der Waals surface area contributed by atoms with Gasteiger partial charge in [0.1, 0.15) is 0 Å². The van der Waals surface area contributed by atoms with Crippen LogP contribution in [0.1, 0.15) is 32.6 Å². The summed E-state index contributed by atoms with van der Waals surface area (Å²) in [7, 11) is 1.69. The summed E-state index contributed by atoms with van der Waals surface area (Å²) < 4.78 is 0. The number of carbonyl (C=O) groups excluding carboxylic acids is 2. The Morgan fingerprint density at radius 3 is 2.44 bits per heavy atom. The fraction of sp³-hybridized carbons (Fsp3) is 0.846. The first-order valence-corrected chi connectivity index (χ1v) is 6.83. The topological polar surface area (TPSA) is 66.6 Å². The van der Waals surface area contributed by atoms with Crippen molar-refractivity contribution in [2.75, 3.05) is 33.2 Å². The molecule has 1 saturated heterocycles. The predicted octanol–water partition coefficient (Wildman–Crippen LogP) is 0.442. The highest BCUT2D eigenvalue weighted by molar-refractivity contribution is 5.86. The summed E-state index contributed by atoms with van der Waals surface area (Å²) in [4.78, 5) is 27.4. The highest BCUT2D eigenvalue weighted by Crippen LogP contribution is 2.11. The molecule has 1 unspecified atom stereocenters. The van der Waals surface area contributed by atoms with Crippen LogP contribution in [0.4, 0.5) is 0 Å². The van der Waals surface area contributed by atoms with Crippen LogP contribution in [0.15, 0.2) is 0 Å². The van der Waals surface area contributed by atoms with Crippen molar-refractivity contribution in [2.45, 2.75) is 32.6 Å². The number of amides is 2. The smallest absolute Gasteiger partial charge is 0.242 e. The molecule has 104 valence electrons. The maximum Gasteiger partial charge on any atom is 0.242 e. The van der Waals surface area contributed by atoms with Crippen LogP contribution in [-0.2, 0) is 9.59 Å². The van der Waals surface area contributed by atoms with Gasteiger partial charge >= 0.3 is 0 Å². The lowest BCUT2D eigenvalue weighted by molar-refractivity contribution is -0.141. The van der Waals surface area contributed by atoms with E-state index in [9.17, 15) is 9.59 Å². The van der Waals surface area contributed by atoms with Crippen molar-refractivity contribution in [1.29, 1.82) is 0 Å². The Balaban J connectivity index is 2.45. The van der Waals surface area contributed by atoms with Crippen molar-refractivity contribution >= 4 is 11.8 Å². The molecule has 0 aliphatic carbocycles. The van der Waals surface area contributed by atoms with E-state index in [1.807, 2.05) is 11.8 Å². The van der Waals surface area contributed by atoms with Gasteiger partial charge in [-0.25, -0.2) is 0 Å². The zero-order valence-electron chi connectivity index (χ0n) is 11.5. The van der Waals surface area contributed by atoms with Gasteiger partial charge in [-0.1, -0.05) is 13.3 Å². The molecule has 2 amide bonds. The van der Waals surface area contributed by atoms with E-state index < -0.39 is 0 Å². The Kier molecular flexibility index (Phi) is 6.12. The molecule has 1 aliphatic heterocycles. The molecular weight excluding hydrogens is 230 g/mol. The van der Waals surface area contributed by atoms with Gasteiger partial charge in [-0.2, -0.15) is 0 Å². The van der Waals surface area contributed by atoms with Gasteiger partial charge in [-0.15, -0.1) is 0 Å². The average Bonchev–Trinajstić information content (AvgIpc) is 2.88. The molecule has 1 atom stereocenters. The molecule has 1 fully saturated rings. The van der Waals surface area contributed by atoms with Gasteiger partial charge in [0, 0.05) is 26.7 Å². The molecule has 0 bridgehead atoms. The lowest BCUT2D eigenvalue weighted by Crippen LogP contribution is -2.43. The molecule has 0 radical (unpaired) electrons. The number of hydrogen-bond donors (Lipinski definition) is 1. The van der Waals surface area contributed by atoms with Gasteiger partial charge in [0.2, 0.25) is 11.8 Å². The Hall–Kier alpha value is -1.10. The summed E-state index contributed by atoms with van der Waals surface area (Å²) in [6, 6.07) is 0. The maximum absolute atomic E-state index is 12.1. The fourth-order valence-corrected chi connectivity index (χ4v) is 2.35. The molecule has 0 spiro atoms. The van der Waals surface area contributed by atoms with Crippen molar-refractivity contribution in [3.8, 4) is 0 Å². The van der Waals surface area contributed by atoms with Crippen LogP contribution in [0.25, 0.3) is 0 Å². The van der Waals surface area contributed by atoms with Crippen LogP contribution in [0, 0.1) is 5.92 Å². The van der Waals surface area contributed by atoms with Crippen molar-refractivity contribution in [1.82, 2.24) is 9.80 Å². The van der Waals surface area contributed by atoms with Crippen LogP contribution in [-0.4, -0.2) is 54.8 Å². The third-order valence-electron chi connectivity index (χ3n) is 3.48. The van der Waals surface area contributed by atoms with E-state index in [0.717, 1.165) is 38.8 Å². The monoisotopic (exact) mass is 255 g/mol. The molecule has 1 aliphatic rings. The van der Waals surface area contributed by atoms with E-state index >= 15 is 0 Å². The normalized spacial score (nSPS) is 16.7. The molecule has 18 heavy (non-hydrogen) atoms. The second-order valence-electron chi connectivity index (χ2n) is 5.00. The highest BCUT2D eigenvalue weighted by atomic mass is 16.2. The fourth-order valence-electron chi connectivity index (χ4n) is 2.35. The molecule has 0 aromatic heterocycles. The quantitative estimate of drug-likeness (QED) is 0.749. The van der Waals surface area contributed by atoms with Gasteiger partial charge in [-0.3, -0.25) is 9.59 Å². The molecule has 0 aromatic rings. The summed E-state index contributed by atoms with van der Waals surface area (Å²) in [5.41, 5.74) is 5.61. The van der Waals surface area contributed by atoms with Crippen LogP contribution < -0.4 is 5.73 Å². The van der Waals surface area contributed by atoms with E-state index in [1.54, 1.807) is 7.05 Å². The summed E-state index contributed by atoms with van der Waals surface area (Å²) in [6.07, 6.45) is 3.87. The van der Waals surface area contributed by atoms with Gasteiger partial charge in [-0.05, 0) is 19.3 Å². The lowest BCUT2D eigenvalue weighted by atomic mass is 10.0. The third kappa shape index (κ3) is 3.98. The molecule has 1 rings (SSSR count). The van der Waals surface area contributed by atoms with Crippen LogP contribution in [0.3, 0.4) is 0 Å². The van der Waals surface area contributed by atoms with Crippen LogP contribution in [0.2, 0.25) is 0 Å². The largest absolute Gasteiger partial charge is 0.341 e. The second-order valence-corrected chi connectivity index (χ2v) is 5.00. The number of hydrogen-bond acceptors (Lipinski definition) is 3. The second kappa shape index (κ2) is 7.36. The lowest BCUT2D eigenvalue weighted by Gasteiger charge is -2.24. The van der Waals surface area contributed by atoms with Gasteiger partial charge in [0.05, 0.1) is 12.5 Å². The van der Waals surface area contributed by atoms with E-state index in [-0.39, 0.29) is 24.3 Å². The summed E-state index contributed by atoms with van der Waals surface area (Å²) in [5, 5.41) is 0. The minimum Gasteiger partial charge on any atom is -0.341 e. The van der Waals surface area contributed by atoms with E-state index in [0.29, 0.717) is 6.54 Å². The maximum atomic E-state index is 12.1. The van der Waals surface area contributed by atoms with E-state index in [1.165, 1.54) is 4.90 Å². The van der Waals surface area contributed by atoms with Gasteiger partial charge < -0.3 is 15.5 Å². The number of nitrogens with zero attached hydrogens (tertiary/aromatic N) is 2. The molecule has 5 heteroatoms. The number of nitrogens with two attached hydrogens (primary N) is 1. The Morgan fingerprint density at radius 1 is 1.33 bits per heavy atom. The molecule has 2 N–H and O–H groups in total. The Morgan fingerprint density at radius 2 is 1.94 bits per heavy atom. The molecule has 5 nitrogen and oxygen atoms in total. The summed E-state index contributed by atoms with van der Waals surface area (Å²) in [5.74, 6) is -0.103. The summed E-state index contributed by atoms with van der Waals surface area (Å²) in [6.45, 7) is 4.23. The van der Waals surface area contributed by atoms with Crippen molar-refractivity contribution in [2.24, 2.45) is 11.7 Å². The zero-order chi connectivity index (χ0) is 13.5. The van der Waals surface area contributed by atoms with Crippen molar-refractivity contribution < 1.29 is 9.59 Å². The standard InChI is InChI=1S/C13H25N3O2/c1-3-6-11(9-14)13(18)15(2)10-12(17)16-7-4-5-8-16/h11H,3-10,14H2,1-2H3. The first kappa shape index (κ1) is 15.0. The number of likely N-dealkylation sites (N-methyl/N-ethyl adjacent to an activating group) is 1. The third-order valence-corrected chi connectivity index (χ3v) is 3.48. The van der Waals surface area contributed by atoms with Crippen molar-refractivity contribution in [3.05, 3.63) is 0 Å². The molecule has 0 saturated carbocycles. The number of carbonyl (C=O) groups is 2. The zero-order valence-corrected chi connectivity index (χ0v) is 11.5. The van der Waals surface area contributed by atoms with Crippen molar-refractivity contribution in [3.63, 3.8) is 0 Å². The summed E-state index contributed by atoms with van der Waals surface area (Å²) >= 11 is 0. The minimum absolute atomic E-state index is 0.00750. The Bertz CT molecular complexity index is 288. The van der Waals surface area contributed by atoms with Crippen LogP contribution in [0.5, 0.6) is 0 Å². The van der Waals surface area contributed by atoms with Crippen LogP contribution >= 0.6 is 0 Å². The predicted molar refractivity (Wildman–Crippen MR) is 70.9 cm³/mol. The Labute approximate surface area is 109 Å². The molecular formula is C13H25N3O2. The SMILES string of the molecule is CCCC(CN)C(=O)N(C)CC(=O)N1CCCC1. The van der Waals surface area contributed by atoms with E-state index in [2.05, 4.69) is 0 Å². The van der Waals surface area contributed by atoms with E-state index in [4.69, 9.17) is 5.73 Å². The highest BCUT2D eigenvalue weighted by Gasteiger charge is 2.24. The van der Waals surface area contributed by atoms with Gasteiger partial charge in [0.15, 0.2) is 0 Å². The molecule has 0 aromatic carbocycles. The average molecular weight is 255 g/mol. The first-order chi connectivity index (χ1) is 8.60. The first-order valence-electron chi connectivity index (χ1n) is 6.83. The minimum atomic E-state index is -0.147. The molecule has 1 heterocycles.